The number of hydrogen-bond donors (Lipinski definition) is 1. The van der Waals surface area contributed by atoms with Gasteiger partial charge in [0.05, 0.1) is 12.6 Å². The molecule has 1 fully saturated rings. The molecule has 0 saturated carbocycles. The molecule has 0 radical (unpaired) electrons. The van der Waals surface area contributed by atoms with E-state index >= 15 is 0 Å². The minimum absolute atomic E-state index is 0.0989. The summed E-state index contributed by atoms with van der Waals surface area (Å²) in [6, 6.07) is 14.5. The van der Waals surface area contributed by atoms with Crippen LogP contribution in [0.4, 0.5) is 10.1 Å². The molecule has 0 unspecified atom stereocenters. The lowest BCUT2D eigenvalue weighted by Crippen LogP contribution is -2.41. The van der Waals surface area contributed by atoms with E-state index in [1.54, 1.807) is 16.8 Å². The molecular weight excluding hydrogens is 409 g/mol. The monoisotopic (exact) mass is 437 g/mol. The summed E-state index contributed by atoms with van der Waals surface area (Å²) in [4.78, 5) is 16.0. The van der Waals surface area contributed by atoms with Crippen LogP contribution in [0.3, 0.4) is 0 Å². The van der Waals surface area contributed by atoms with Gasteiger partial charge in [-0.2, -0.15) is 0 Å². The normalized spacial score (nSPS) is 16.1. The maximum atomic E-state index is 13.3. The molecule has 0 aliphatic carbocycles. The average Bonchev–Trinajstić information content (AvgIpc) is 3.24. The number of amides is 1. The number of benzene rings is 2. The Bertz CT molecular complexity index is 1040. The van der Waals surface area contributed by atoms with E-state index in [9.17, 15) is 9.18 Å². The standard InChI is InChI=1S/C23H28FN7O/c1-29(2)20-9-5-17(6-10-20)21(30-13-11-18(12-14-30)22(25)32)23-26-27-28-31(23)15-16-3-7-19(24)8-4-16/h3-10,18,21H,11-15H2,1-2H3,(H2,25,32)/t21-/m1/s1. The SMILES string of the molecule is CN(C)c1ccc([C@H](c2nnnn2Cc2ccc(F)cc2)N2CCC(C(N)=O)CC2)cc1. The number of rotatable bonds is 7. The van der Waals surface area contributed by atoms with Crippen molar-refractivity contribution >= 4 is 11.6 Å². The minimum atomic E-state index is -0.276. The highest BCUT2D eigenvalue weighted by molar-refractivity contribution is 5.76. The second-order valence-corrected chi connectivity index (χ2v) is 8.42. The molecule has 1 aliphatic heterocycles. The second kappa shape index (κ2) is 9.44. The van der Waals surface area contributed by atoms with E-state index in [-0.39, 0.29) is 23.7 Å². The van der Waals surface area contributed by atoms with Gasteiger partial charge in [0.25, 0.3) is 0 Å². The Morgan fingerprint density at radius 3 is 2.38 bits per heavy atom. The van der Waals surface area contributed by atoms with Crippen LogP contribution in [-0.2, 0) is 11.3 Å². The first-order chi connectivity index (χ1) is 15.4. The molecular formula is C23H28FN7O. The molecule has 3 aromatic rings. The van der Waals surface area contributed by atoms with Crippen LogP contribution in [0, 0.1) is 11.7 Å². The van der Waals surface area contributed by atoms with Crippen LogP contribution in [0.15, 0.2) is 48.5 Å². The number of anilines is 1. The number of nitrogens with zero attached hydrogens (tertiary/aromatic N) is 6. The van der Waals surface area contributed by atoms with Gasteiger partial charge in [0.1, 0.15) is 5.82 Å². The van der Waals surface area contributed by atoms with E-state index in [1.165, 1.54) is 12.1 Å². The molecule has 2 heterocycles. The van der Waals surface area contributed by atoms with E-state index < -0.39 is 0 Å². The van der Waals surface area contributed by atoms with Crippen molar-refractivity contribution in [1.29, 1.82) is 0 Å². The maximum Gasteiger partial charge on any atom is 0.220 e. The first-order valence-corrected chi connectivity index (χ1v) is 10.7. The lowest BCUT2D eigenvalue weighted by molar-refractivity contribution is -0.123. The summed E-state index contributed by atoms with van der Waals surface area (Å²) in [7, 11) is 4.01. The Balaban J connectivity index is 1.66. The van der Waals surface area contributed by atoms with Gasteiger partial charge in [0, 0.05) is 25.7 Å². The lowest BCUT2D eigenvalue weighted by atomic mass is 9.93. The van der Waals surface area contributed by atoms with Gasteiger partial charge in [-0.25, -0.2) is 9.07 Å². The number of tetrazole rings is 1. The Labute approximate surface area is 186 Å². The van der Waals surface area contributed by atoms with Crippen LogP contribution >= 0.6 is 0 Å². The number of nitrogens with two attached hydrogens (primary N) is 1. The molecule has 8 nitrogen and oxygen atoms in total. The van der Waals surface area contributed by atoms with Gasteiger partial charge < -0.3 is 10.6 Å². The highest BCUT2D eigenvalue weighted by Gasteiger charge is 2.32. The van der Waals surface area contributed by atoms with Crippen LogP contribution < -0.4 is 10.6 Å². The predicted molar refractivity (Wildman–Crippen MR) is 119 cm³/mol. The first kappa shape index (κ1) is 21.9. The van der Waals surface area contributed by atoms with Crippen molar-refractivity contribution in [2.24, 2.45) is 11.7 Å². The zero-order chi connectivity index (χ0) is 22.7. The largest absolute Gasteiger partial charge is 0.378 e. The van der Waals surface area contributed by atoms with Crippen LogP contribution in [0.5, 0.6) is 0 Å². The highest BCUT2D eigenvalue weighted by atomic mass is 19.1. The number of primary amides is 1. The zero-order valence-electron chi connectivity index (χ0n) is 18.4. The smallest absolute Gasteiger partial charge is 0.220 e. The highest BCUT2D eigenvalue weighted by Crippen LogP contribution is 2.32. The molecule has 1 aromatic heterocycles. The van der Waals surface area contributed by atoms with E-state index in [4.69, 9.17) is 5.73 Å². The van der Waals surface area contributed by atoms with E-state index in [0.29, 0.717) is 25.2 Å². The summed E-state index contributed by atoms with van der Waals surface area (Å²) in [6.07, 6.45) is 1.42. The molecule has 1 aliphatic rings. The van der Waals surface area contributed by atoms with E-state index in [2.05, 4.69) is 49.6 Å². The fraction of sp³-hybridized carbons (Fsp3) is 0.391. The molecule has 168 valence electrons. The third-order valence-electron chi connectivity index (χ3n) is 6.07. The predicted octanol–water partition coefficient (Wildman–Crippen LogP) is 2.21. The number of carbonyl (C=O) groups is 1. The van der Waals surface area contributed by atoms with Crippen LogP contribution in [-0.4, -0.2) is 58.2 Å². The number of piperidine rings is 1. The van der Waals surface area contributed by atoms with Crippen molar-refractivity contribution in [3.8, 4) is 0 Å². The van der Waals surface area contributed by atoms with Gasteiger partial charge in [-0.3, -0.25) is 9.69 Å². The van der Waals surface area contributed by atoms with Gasteiger partial charge in [-0.05, 0) is 71.8 Å². The van der Waals surface area contributed by atoms with Gasteiger partial charge in [-0.15, -0.1) is 5.10 Å². The number of halogens is 1. The quantitative estimate of drug-likeness (QED) is 0.609. The summed E-state index contributed by atoms with van der Waals surface area (Å²) in [5.74, 6) is 0.0993. The van der Waals surface area contributed by atoms with Crippen molar-refractivity contribution in [3.63, 3.8) is 0 Å². The first-order valence-electron chi connectivity index (χ1n) is 10.7. The van der Waals surface area contributed by atoms with Gasteiger partial charge in [-0.1, -0.05) is 24.3 Å². The summed E-state index contributed by atoms with van der Waals surface area (Å²) in [5.41, 5.74) is 8.62. The van der Waals surface area contributed by atoms with Crippen molar-refractivity contribution in [1.82, 2.24) is 25.1 Å². The topological polar surface area (TPSA) is 93.2 Å². The van der Waals surface area contributed by atoms with Crippen LogP contribution in [0.25, 0.3) is 0 Å². The Morgan fingerprint density at radius 1 is 1.12 bits per heavy atom. The maximum absolute atomic E-state index is 13.3. The Kier molecular flexibility index (Phi) is 6.45. The third kappa shape index (κ3) is 4.77. The van der Waals surface area contributed by atoms with Gasteiger partial charge in [0.15, 0.2) is 5.82 Å². The van der Waals surface area contributed by atoms with Crippen molar-refractivity contribution in [3.05, 3.63) is 71.3 Å². The molecule has 1 atom stereocenters. The summed E-state index contributed by atoms with van der Waals surface area (Å²) in [6.45, 7) is 1.88. The Morgan fingerprint density at radius 2 is 1.78 bits per heavy atom. The van der Waals surface area contributed by atoms with Crippen LogP contribution in [0.2, 0.25) is 0 Å². The van der Waals surface area contributed by atoms with Crippen molar-refractivity contribution in [2.75, 3.05) is 32.1 Å². The third-order valence-corrected chi connectivity index (χ3v) is 6.07. The molecule has 9 heteroatoms. The fourth-order valence-electron chi connectivity index (χ4n) is 4.20. The van der Waals surface area contributed by atoms with Gasteiger partial charge in [0.2, 0.25) is 5.91 Å². The fourth-order valence-corrected chi connectivity index (χ4v) is 4.20. The summed E-state index contributed by atoms with van der Waals surface area (Å²) in [5, 5.41) is 12.5. The molecule has 1 amide bonds. The molecule has 1 saturated heterocycles. The van der Waals surface area contributed by atoms with E-state index in [1.807, 2.05) is 14.1 Å². The zero-order valence-corrected chi connectivity index (χ0v) is 18.4. The Hall–Kier alpha value is -3.33. The molecule has 2 N–H and O–H groups in total. The summed E-state index contributed by atoms with van der Waals surface area (Å²) < 4.78 is 15.1. The second-order valence-electron chi connectivity index (χ2n) is 8.42. The van der Waals surface area contributed by atoms with E-state index in [0.717, 1.165) is 29.9 Å². The molecule has 32 heavy (non-hydrogen) atoms. The molecule has 0 spiro atoms. The number of carbonyl (C=O) groups excluding carboxylic acids is 1. The van der Waals surface area contributed by atoms with Crippen LogP contribution in [0.1, 0.15) is 35.8 Å². The number of likely N-dealkylation sites (tertiary alicyclic amines) is 1. The molecule has 4 rings (SSSR count). The average molecular weight is 438 g/mol. The molecule has 0 bridgehead atoms. The number of hydrogen-bond acceptors (Lipinski definition) is 6. The van der Waals surface area contributed by atoms with Crippen molar-refractivity contribution in [2.45, 2.75) is 25.4 Å². The molecule has 2 aromatic carbocycles. The minimum Gasteiger partial charge on any atom is -0.378 e. The lowest BCUT2D eigenvalue weighted by Gasteiger charge is -2.36. The van der Waals surface area contributed by atoms with Gasteiger partial charge >= 0.3 is 0 Å². The summed E-state index contributed by atoms with van der Waals surface area (Å²) >= 11 is 0. The van der Waals surface area contributed by atoms with Crippen molar-refractivity contribution < 1.29 is 9.18 Å². The number of aromatic nitrogens is 4.